The minimum absolute atomic E-state index is 0.430. The topological polar surface area (TPSA) is 37.2 Å². The highest BCUT2D eigenvalue weighted by molar-refractivity contribution is 6.32. The maximum absolute atomic E-state index is 6.32. The van der Waals surface area contributed by atoms with Crippen LogP contribution >= 0.6 is 11.6 Å². The number of hydrogen-bond acceptors (Lipinski definition) is 4. The Bertz CT molecular complexity index is 639. The van der Waals surface area contributed by atoms with Gasteiger partial charge in [0.2, 0.25) is 0 Å². The van der Waals surface area contributed by atoms with Gasteiger partial charge in [-0.1, -0.05) is 11.6 Å². The van der Waals surface area contributed by atoms with Gasteiger partial charge in [-0.25, -0.2) is 9.97 Å². The summed E-state index contributed by atoms with van der Waals surface area (Å²) < 4.78 is 2.29. The maximum atomic E-state index is 6.32. The van der Waals surface area contributed by atoms with Crippen LogP contribution in [0.3, 0.4) is 0 Å². The lowest BCUT2D eigenvalue weighted by Gasteiger charge is -2.34. The second-order valence-corrected chi connectivity index (χ2v) is 6.78. The molecule has 0 unspecified atom stereocenters. The molecule has 0 amide bonds. The third-order valence-electron chi connectivity index (χ3n) is 4.36. The average Bonchev–Trinajstić information content (AvgIpc) is 3.02. The highest BCUT2D eigenvalue weighted by Gasteiger charge is 2.26. The Morgan fingerprint density at radius 2 is 2.17 bits per heavy atom. The second kappa shape index (κ2) is 7.32. The van der Waals surface area contributed by atoms with Crippen LogP contribution in [0.1, 0.15) is 24.6 Å². The predicted octanol–water partition coefficient (Wildman–Crippen LogP) is 2.88. The van der Waals surface area contributed by atoms with Crippen molar-refractivity contribution >= 4 is 17.4 Å². The minimum atomic E-state index is 0.430. The van der Waals surface area contributed by atoms with E-state index in [0.717, 1.165) is 43.4 Å². The van der Waals surface area contributed by atoms with Crippen molar-refractivity contribution in [1.82, 2.24) is 19.4 Å². The lowest BCUT2D eigenvalue weighted by molar-refractivity contribution is 0.373. The van der Waals surface area contributed by atoms with Gasteiger partial charge in [0, 0.05) is 50.7 Å². The monoisotopic (exact) mass is 333 g/mol. The summed E-state index contributed by atoms with van der Waals surface area (Å²) in [4.78, 5) is 13.6. The molecule has 3 rings (SSSR count). The van der Waals surface area contributed by atoms with Gasteiger partial charge in [-0.2, -0.15) is 0 Å². The summed E-state index contributed by atoms with van der Waals surface area (Å²) >= 11 is 6.32. The molecule has 0 aromatic carbocycles. The van der Waals surface area contributed by atoms with Gasteiger partial charge in [-0.15, -0.1) is 0 Å². The van der Waals surface area contributed by atoms with Crippen LogP contribution in [0.4, 0.5) is 5.82 Å². The first-order valence-electron chi connectivity index (χ1n) is 8.16. The molecule has 1 atom stereocenters. The van der Waals surface area contributed by atoms with E-state index in [1.165, 1.54) is 12.2 Å². The Morgan fingerprint density at radius 1 is 1.30 bits per heavy atom. The van der Waals surface area contributed by atoms with E-state index in [9.17, 15) is 0 Å². The molecule has 3 heterocycles. The van der Waals surface area contributed by atoms with Crippen molar-refractivity contribution in [3.8, 4) is 0 Å². The zero-order valence-corrected chi connectivity index (χ0v) is 14.6. The van der Waals surface area contributed by atoms with Gasteiger partial charge in [0.25, 0.3) is 0 Å². The van der Waals surface area contributed by atoms with Gasteiger partial charge in [0.05, 0.1) is 5.02 Å². The highest BCUT2D eigenvalue weighted by atomic mass is 35.5. The molecule has 0 saturated carbocycles. The molecule has 1 aliphatic rings. The average molecular weight is 334 g/mol. The SMILES string of the molecule is CN(C)CCn1ccnc1[C@@H]1CCCN(c2ncccc2Cl)C1. The van der Waals surface area contributed by atoms with E-state index in [1.54, 1.807) is 0 Å². The van der Waals surface area contributed by atoms with Crippen LogP contribution in [0.15, 0.2) is 30.7 Å². The number of halogens is 1. The van der Waals surface area contributed by atoms with Crippen LogP contribution in [-0.4, -0.2) is 53.2 Å². The molecule has 2 aromatic rings. The van der Waals surface area contributed by atoms with Crippen molar-refractivity contribution in [3.63, 3.8) is 0 Å². The third kappa shape index (κ3) is 3.85. The number of nitrogens with zero attached hydrogens (tertiary/aromatic N) is 5. The van der Waals surface area contributed by atoms with E-state index in [2.05, 4.69) is 44.6 Å². The number of imidazole rings is 1. The Balaban J connectivity index is 1.74. The first-order chi connectivity index (χ1) is 11.1. The summed E-state index contributed by atoms with van der Waals surface area (Å²) in [6.07, 6.45) is 8.12. The molecule has 23 heavy (non-hydrogen) atoms. The van der Waals surface area contributed by atoms with Crippen molar-refractivity contribution in [2.45, 2.75) is 25.3 Å². The molecule has 2 aromatic heterocycles. The van der Waals surface area contributed by atoms with Crippen molar-refractivity contribution in [2.75, 3.05) is 38.6 Å². The molecular weight excluding hydrogens is 310 g/mol. The van der Waals surface area contributed by atoms with Gasteiger partial charge in [-0.3, -0.25) is 0 Å². The molecule has 0 N–H and O–H groups in total. The largest absolute Gasteiger partial charge is 0.355 e. The minimum Gasteiger partial charge on any atom is -0.355 e. The molecule has 0 spiro atoms. The Hall–Kier alpha value is -1.59. The van der Waals surface area contributed by atoms with Crippen molar-refractivity contribution in [3.05, 3.63) is 41.6 Å². The zero-order chi connectivity index (χ0) is 16.2. The summed E-state index contributed by atoms with van der Waals surface area (Å²) in [5.74, 6) is 2.51. The number of anilines is 1. The number of hydrogen-bond donors (Lipinski definition) is 0. The molecule has 5 nitrogen and oxygen atoms in total. The zero-order valence-electron chi connectivity index (χ0n) is 13.8. The van der Waals surface area contributed by atoms with Crippen LogP contribution in [0.25, 0.3) is 0 Å². The number of likely N-dealkylation sites (N-methyl/N-ethyl adjacent to an activating group) is 1. The van der Waals surface area contributed by atoms with Crippen molar-refractivity contribution < 1.29 is 0 Å². The van der Waals surface area contributed by atoms with Crippen LogP contribution < -0.4 is 4.90 Å². The molecule has 1 aliphatic heterocycles. The van der Waals surface area contributed by atoms with Crippen molar-refractivity contribution in [1.29, 1.82) is 0 Å². The maximum Gasteiger partial charge on any atom is 0.147 e. The van der Waals surface area contributed by atoms with Gasteiger partial charge in [0.15, 0.2) is 0 Å². The fraction of sp³-hybridized carbons (Fsp3) is 0.529. The van der Waals surface area contributed by atoms with Gasteiger partial charge in [0.1, 0.15) is 11.6 Å². The van der Waals surface area contributed by atoms with Crippen LogP contribution in [0.2, 0.25) is 5.02 Å². The van der Waals surface area contributed by atoms with Crippen molar-refractivity contribution in [2.24, 2.45) is 0 Å². The fourth-order valence-electron chi connectivity index (χ4n) is 3.17. The van der Waals surface area contributed by atoms with Crippen LogP contribution in [0, 0.1) is 0 Å². The quantitative estimate of drug-likeness (QED) is 0.843. The standard InChI is InChI=1S/C17H24ClN5/c1-21(2)11-12-22-10-8-20-16(22)14-5-4-9-23(13-14)17-15(18)6-3-7-19-17/h3,6-8,10,14H,4-5,9,11-13H2,1-2H3/t14-/m1/s1. The third-order valence-corrected chi connectivity index (χ3v) is 4.66. The first-order valence-corrected chi connectivity index (χ1v) is 8.54. The summed E-state index contributed by atoms with van der Waals surface area (Å²) in [5.41, 5.74) is 0. The number of aromatic nitrogens is 3. The number of pyridine rings is 1. The molecular formula is C17H24ClN5. The van der Waals surface area contributed by atoms with Gasteiger partial charge < -0.3 is 14.4 Å². The normalized spacial score (nSPS) is 18.6. The lowest BCUT2D eigenvalue weighted by Crippen LogP contribution is -2.36. The number of piperidine rings is 1. The summed E-state index contributed by atoms with van der Waals surface area (Å²) in [7, 11) is 4.20. The summed E-state index contributed by atoms with van der Waals surface area (Å²) in [6.45, 7) is 3.93. The molecule has 0 aliphatic carbocycles. The van der Waals surface area contributed by atoms with E-state index >= 15 is 0 Å². The van der Waals surface area contributed by atoms with E-state index in [1.807, 2.05) is 24.5 Å². The number of rotatable bonds is 5. The Morgan fingerprint density at radius 3 is 2.96 bits per heavy atom. The summed E-state index contributed by atoms with van der Waals surface area (Å²) in [6, 6.07) is 3.78. The van der Waals surface area contributed by atoms with E-state index in [-0.39, 0.29) is 0 Å². The van der Waals surface area contributed by atoms with E-state index in [4.69, 9.17) is 11.6 Å². The first kappa shape index (κ1) is 16.3. The molecule has 6 heteroatoms. The highest BCUT2D eigenvalue weighted by Crippen LogP contribution is 2.31. The van der Waals surface area contributed by atoms with E-state index in [0.29, 0.717) is 5.92 Å². The Labute approximate surface area is 142 Å². The van der Waals surface area contributed by atoms with Gasteiger partial charge in [-0.05, 0) is 39.1 Å². The smallest absolute Gasteiger partial charge is 0.147 e. The van der Waals surface area contributed by atoms with Gasteiger partial charge >= 0.3 is 0 Å². The second-order valence-electron chi connectivity index (χ2n) is 6.38. The molecule has 0 radical (unpaired) electrons. The summed E-state index contributed by atoms with van der Waals surface area (Å²) in [5, 5.41) is 0.726. The molecule has 124 valence electrons. The molecule has 0 bridgehead atoms. The molecule has 1 fully saturated rings. The molecule has 1 saturated heterocycles. The van der Waals surface area contributed by atoms with Crippen LogP contribution in [0.5, 0.6) is 0 Å². The van der Waals surface area contributed by atoms with Crippen LogP contribution in [-0.2, 0) is 6.54 Å². The predicted molar refractivity (Wildman–Crippen MR) is 94.2 cm³/mol. The Kier molecular flexibility index (Phi) is 5.18. The lowest BCUT2D eigenvalue weighted by atomic mass is 9.97. The fourth-order valence-corrected chi connectivity index (χ4v) is 3.41. The van der Waals surface area contributed by atoms with E-state index < -0.39 is 0 Å².